The van der Waals surface area contributed by atoms with Crippen LogP contribution in [0.15, 0.2) is 24.3 Å². The molecule has 1 aromatic carbocycles. The lowest BCUT2D eigenvalue weighted by Crippen LogP contribution is -2.48. The molecule has 1 aromatic rings. The maximum absolute atomic E-state index is 12.5. The van der Waals surface area contributed by atoms with Crippen molar-refractivity contribution in [3.63, 3.8) is 0 Å². The first-order chi connectivity index (χ1) is 10.7. The van der Waals surface area contributed by atoms with E-state index in [1.54, 1.807) is 13.8 Å². The molecular weight excluding hydrogens is 320 g/mol. The Bertz CT molecular complexity index is 697. The Balaban J connectivity index is 2.17. The van der Waals surface area contributed by atoms with Crippen LogP contribution in [0.2, 0.25) is 0 Å². The Hall–Kier alpha value is -1.93. The van der Waals surface area contributed by atoms with Crippen molar-refractivity contribution in [2.45, 2.75) is 26.3 Å². The van der Waals surface area contributed by atoms with Crippen LogP contribution < -0.4 is 5.32 Å². The van der Waals surface area contributed by atoms with Gasteiger partial charge in [-0.15, -0.1) is 0 Å². The molecule has 1 heterocycles. The fraction of sp³-hybridized carbons (Fsp3) is 0.467. The molecule has 1 atom stereocenters. The van der Waals surface area contributed by atoms with Crippen molar-refractivity contribution >= 4 is 27.6 Å². The monoisotopic (exact) mass is 340 g/mol. The Morgan fingerprint density at radius 2 is 1.83 bits per heavy atom. The quantitative estimate of drug-likeness (QED) is 0.843. The zero-order valence-corrected chi connectivity index (χ0v) is 13.8. The van der Waals surface area contributed by atoms with Crippen molar-refractivity contribution in [1.29, 1.82) is 0 Å². The van der Waals surface area contributed by atoms with Gasteiger partial charge in [-0.05, 0) is 36.6 Å². The van der Waals surface area contributed by atoms with Crippen molar-refractivity contribution in [3.05, 3.63) is 29.8 Å². The van der Waals surface area contributed by atoms with E-state index in [-0.39, 0.29) is 17.2 Å². The minimum atomic E-state index is -3.39. The highest BCUT2D eigenvalue weighted by molar-refractivity contribution is 7.89. The fourth-order valence-electron chi connectivity index (χ4n) is 2.65. The summed E-state index contributed by atoms with van der Waals surface area (Å²) in [5.74, 6) is -1.57. The first-order valence-corrected chi connectivity index (χ1v) is 8.97. The number of aromatic carboxylic acids is 1. The summed E-state index contributed by atoms with van der Waals surface area (Å²) in [5.41, 5.74) is 0.549. The first kappa shape index (κ1) is 17.4. The van der Waals surface area contributed by atoms with Crippen LogP contribution in [-0.4, -0.2) is 48.0 Å². The predicted octanol–water partition coefficient (Wildman–Crippen LogP) is 1.38. The zero-order valence-electron chi connectivity index (χ0n) is 13.0. The molecule has 0 radical (unpaired) electrons. The van der Waals surface area contributed by atoms with Crippen molar-refractivity contribution in [2.75, 3.05) is 17.6 Å². The molecule has 126 valence electrons. The van der Waals surface area contributed by atoms with E-state index in [0.29, 0.717) is 18.7 Å². The highest BCUT2D eigenvalue weighted by Gasteiger charge is 2.39. The SMILES string of the molecule is CC(C)C(C(=O)Nc1ccc(C(=O)O)cc1)N1CCCS1(=O)=O. The van der Waals surface area contributed by atoms with Crippen LogP contribution in [0.3, 0.4) is 0 Å². The molecule has 23 heavy (non-hydrogen) atoms. The molecule has 1 aliphatic heterocycles. The number of anilines is 1. The van der Waals surface area contributed by atoms with Crippen LogP contribution in [0, 0.1) is 5.92 Å². The average Bonchev–Trinajstić information content (AvgIpc) is 2.79. The molecule has 0 aromatic heterocycles. The third-order valence-electron chi connectivity index (χ3n) is 3.75. The number of carboxylic acids is 1. The topological polar surface area (TPSA) is 104 Å². The van der Waals surface area contributed by atoms with Crippen LogP contribution in [0.25, 0.3) is 0 Å². The minimum absolute atomic E-state index is 0.0663. The number of benzene rings is 1. The van der Waals surface area contributed by atoms with Crippen LogP contribution in [0.4, 0.5) is 5.69 Å². The van der Waals surface area contributed by atoms with Gasteiger partial charge in [0.2, 0.25) is 15.9 Å². The Labute approximate surface area is 135 Å². The third kappa shape index (κ3) is 3.89. The van der Waals surface area contributed by atoms with Crippen molar-refractivity contribution < 1.29 is 23.1 Å². The number of carboxylic acid groups (broad SMARTS) is 1. The van der Waals surface area contributed by atoms with Crippen LogP contribution >= 0.6 is 0 Å². The maximum Gasteiger partial charge on any atom is 0.335 e. The lowest BCUT2D eigenvalue weighted by molar-refractivity contribution is -0.120. The molecule has 8 heteroatoms. The summed E-state index contributed by atoms with van der Waals surface area (Å²) in [6.07, 6.45) is 0.520. The number of hydrogen-bond acceptors (Lipinski definition) is 4. The van der Waals surface area contributed by atoms with Crippen molar-refractivity contribution in [1.82, 2.24) is 4.31 Å². The van der Waals surface area contributed by atoms with Crippen LogP contribution in [0.1, 0.15) is 30.6 Å². The van der Waals surface area contributed by atoms with E-state index in [4.69, 9.17) is 5.11 Å². The van der Waals surface area contributed by atoms with Crippen molar-refractivity contribution in [3.8, 4) is 0 Å². The molecule has 1 aliphatic rings. The van der Waals surface area contributed by atoms with Gasteiger partial charge in [-0.25, -0.2) is 13.2 Å². The molecule has 0 aliphatic carbocycles. The van der Waals surface area contributed by atoms with Crippen LogP contribution in [-0.2, 0) is 14.8 Å². The number of sulfonamides is 1. The Kier molecular flexibility index (Phi) is 5.06. The lowest BCUT2D eigenvalue weighted by atomic mass is 10.0. The highest BCUT2D eigenvalue weighted by atomic mass is 32.2. The summed E-state index contributed by atoms with van der Waals surface area (Å²) in [7, 11) is -3.39. The second-order valence-corrected chi connectivity index (χ2v) is 7.88. The smallest absolute Gasteiger partial charge is 0.335 e. The summed E-state index contributed by atoms with van der Waals surface area (Å²) in [6, 6.07) is 4.96. The maximum atomic E-state index is 12.5. The number of hydrogen-bond donors (Lipinski definition) is 2. The van der Waals surface area contributed by atoms with Gasteiger partial charge in [0.25, 0.3) is 0 Å². The van der Waals surface area contributed by atoms with E-state index in [9.17, 15) is 18.0 Å². The number of nitrogens with one attached hydrogen (secondary N) is 1. The molecular formula is C15H20N2O5S. The number of amides is 1. The summed E-state index contributed by atoms with van der Waals surface area (Å²) >= 11 is 0. The molecule has 0 saturated carbocycles. The summed E-state index contributed by atoms with van der Waals surface area (Å²) in [6.45, 7) is 3.94. The van der Waals surface area contributed by atoms with Gasteiger partial charge in [0.1, 0.15) is 6.04 Å². The standard InChI is InChI=1S/C15H20N2O5S/c1-10(2)13(17-8-3-9-23(17,21)22)14(18)16-12-6-4-11(5-7-12)15(19)20/h4-7,10,13H,3,8-9H2,1-2H3,(H,16,18)(H,19,20). The predicted molar refractivity (Wildman–Crippen MR) is 85.8 cm³/mol. The summed E-state index contributed by atoms with van der Waals surface area (Å²) < 4.78 is 25.4. The van der Waals surface area contributed by atoms with E-state index in [2.05, 4.69) is 5.32 Å². The number of rotatable bonds is 5. The van der Waals surface area contributed by atoms with Gasteiger partial charge in [-0.3, -0.25) is 4.79 Å². The Morgan fingerprint density at radius 3 is 2.26 bits per heavy atom. The average molecular weight is 340 g/mol. The molecule has 1 fully saturated rings. The van der Waals surface area contributed by atoms with E-state index < -0.39 is 27.9 Å². The largest absolute Gasteiger partial charge is 0.478 e. The van der Waals surface area contributed by atoms with Crippen molar-refractivity contribution in [2.24, 2.45) is 5.92 Å². The van der Waals surface area contributed by atoms with Gasteiger partial charge in [0, 0.05) is 12.2 Å². The third-order valence-corrected chi connectivity index (χ3v) is 5.68. The molecule has 2 N–H and O–H groups in total. The van der Waals surface area contributed by atoms with Gasteiger partial charge < -0.3 is 10.4 Å². The molecule has 1 unspecified atom stereocenters. The van der Waals surface area contributed by atoms with Crippen LogP contribution in [0.5, 0.6) is 0 Å². The van der Waals surface area contributed by atoms with E-state index in [1.165, 1.54) is 28.6 Å². The lowest BCUT2D eigenvalue weighted by Gasteiger charge is -2.28. The van der Waals surface area contributed by atoms with Gasteiger partial charge >= 0.3 is 5.97 Å². The van der Waals surface area contributed by atoms with Gasteiger partial charge in [-0.1, -0.05) is 13.8 Å². The first-order valence-electron chi connectivity index (χ1n) is 7.36. The molecule has 0 bridgehead atoms. The van der Waals surface area contributed by atoms with E-state index in [0.717, 1.165) is 0 Å². The second kappa shape index (κ2) is 6.67. The molecule has 1 saturated heterocycles. The minimum Gasteiger partial charge on any atom is -0.478 e. The number of carbonyl (C=O) groups excluding carboxylic acids is 1. The molecule has 1 amide bonds. The molecule has 7 nitrogen and oxygen atoms in total. The van der Waals surface area contributed by atoms with Gasteiger partial charge in [-0.2, -0.15) is 4.31 Å². The van der Waals surface area contributed by atoms with E-state index >= 15 is 0 Å². The normalized spacial score (nSPS) is 18.7. The Morgan fingerprint density at radius 1 is 1.22 bits per heavy atom. The summed E-state index contributed by atoms with van der Waals surface area (Å²) in [4.78, 5) is 23.3. The second-order valence-electron chi connectivity index (χ2n) is 5.84. The van der Waals surface area contributed by atoms with Gasteiger partial charge in [0.15, 0.2) is 0 Å². The number of nitrogens with zero attached hydrogens (tertiary/aromatic N) is 1. The number of carbonyl (C=O) groups is 2. The molecule has 2 rings (SSSR count). The summed E-state index contributed by atoms with van der Waals surface area (Å²) in [5, 5.41) is 11.5. The van der Waals surface area contributed by atoms with Gasteiger partial charge in [0.05, 0.1) is 11.3 Å². The highest BCUT2D eigenvalue weighted by Crippen LogP contribution is 2.23. The fourth-order valence-corrected chi connectivity index (χ4v) is 4.47. The zero-order chi connectivity index (χ0) is 17.2. The molecule has 0 spiro atoms. The van der Waals surface area contributed by atoms with E-state index in [1.807, 2.05) is 0 Å².